The Kier molecular flexibility index (Phi) is 3.70. The molecule has 1 saturated heterocycles. The highest BCUT2D eigenvalue weighted by Gasteiger charge is 2.32. The van der Waals surface area contributed by atoms with E-state index in [0.717, 1.165) is 42.0 Å². The van der Waals surface area contributed by atoms with Gasteiger partial charge in [0.2, 0.25) is 0 Å². The van der Waals surface area contributed by atoms with Gasteiger partial charge in [0.15, 0.2) is 5.65 Å². The Morgan fingerprint density at radius 3 is 2.90 bits per heavy atom. The van der Waals surface area contributed by atoms with Crippen molar-refractivity contribution in [1.29, 1.82) is 0 Å². The standard InChI is InChI=1S/C16H22ClN3O/c1-10-7-13-15(18-9-10)20(14(19-13)11(2)17)12-5-6-21-16(3,4)8-12/h7,9,11-12H,5-6,8H2,1-4H3. The van der Waals surface area contributed by atoms with Gasteiger partial charge in [-0.3, -0.25) is 0 Å². The summed E-state index contributed by atoms with van der Waals surface area (Å²) >= 11 is 6.37. The average Bonchev–Trinajstić information content (AvgIpc) is 2.76. The zero-order valence-electron chi connectivity index (χ0n) is 13.1. The zero-order valence-corrected chi connectivity index (χ0v) is 13.8. The van der Waals surface area contributed by atoms with Crippen molar-refractivity contribution in [3.63, 3.8) is 0 Å². The van der Waals surface area contributed by atoms with Crippen molar-refractivity contribution >= 4 is 22.8 Å². The van der Waals surface area contributed by atoms with Gasteiger partial charge in [-0.05, 0) is 52.2 Å². The van der Waals surface area contributed by atoms with Crippen molar-refractivity contribution in [3.05, 3.63) is 23.7 Å². The number of hydrogen-bond acceptors (Lipinski definition) is 3. The maximum Gasteiger partial charge on any atom is 0.160 e. The minimum absolute atomic E-state index is 0.114. The molecule has 5 heteroatoms. The first-order valence-electron chi connectivity index (χ1n) is 7.50. The Morgan fingerprint density at radius 2 is 2.24 bits per heavy atom. The summed E-state index contributed by atoms with van der Waals surface area (Å²) in [7, 11) is 0. The molecule has 0 amide bonds. The number of hydrogen-bond donors (Lipinski definition) is 0. The first-order chi connectivity index (χ1) is 9.87. The monoisotopic (exact) mass is 307 g/mol. The maximum absolute atomic E-state index is 6.37. The number of aryl methyl sites for hydroxylation is 1. The van der Waals surface area contributed by atoms with Crippen LogP contribution in [0.4, 0.5) is 0 Å². The van der Waals surface area contributed by atoms with Crippen molar-refractivity contribution in [1.82, 2.24) is 14.5 Å². The van der Waals surface area contributed by atoms with Gasteiger partial charge >= 0.3 is 0 Å². The SMILES string of the molecule is Cc1cnc2c(c1)nc(C(C)Cl)n2C1CCOC(C)(C)C1. The van der Waals surface area contributed by atoms with Gasteiger partial charge in [-0.2, -0.15) is 0 Å². The van der Waals surface area contributed by atoms with Crippen LogP contribution in [-0.4, -0.2) is 26.7 Å². The smallest absolute Gasteiger partial charge is 0.160 e. The zero-order chi connectivity index (χ0) is 15.2. The Labute approximate surface area is 130 Å². The number of halogens is 1. The first-order valence-corrected chi connectivity index (χ1v) is 7.93. The van der Waals surface area contributed by atoms with Gasteiger partial charge in [0.25, 0.3) is 0 Å². The van der Waals surface area contributed by atoms with Gasteiger partial charge < -0.3 is 9.30 Å². The van der Waals surface area contributed by atoms with E-state index < -0.39 is 0 Å². The quantitative estimate of drug-likeness (QED) is 0.782. The summed E-state index contributed by atoms with van der Waals surface area (Å²) in [6, 6.07) is 2.41. The highest BCUT2D eigenvalue weighted by molar-refractivity contribution is 6.20. The third-order valence-corrected chi connectivity index (χ3v) is 4.28. The molecular weight excluding hydrogens is 286 g/mol. The topological polar surface area (TPSA) is 39.9 Å². The summed E-state index contributed by atoms with van der Waals surface area (Å²) in [4.78, 5) is 9.33. The molecule has 3 rings (SSSR count). The van der Waals surface area contributed by atoms with E-state index in [2.05, 4.69) is 29.5 Å². The summed E-state index contributed by atoms with van der Waals surface area (Å²) in [5.74, 6) is 0.910. The molecule has 4 nitrogen and oxygen atoms in total. The number of imidazole rings is 1. The minimum atomic E-state index is -0.134. The molecule has 0 N–H and O–H groups in total. The van der Waals surface area contributed by atoms with Gasteiger partial charge in [-0.1, -0.05) is 0 Å². The van der Waals surface area contributed by atoms with Gasteiger partial charge in [0.1, 0.15) is 11.3 Å². The molecule has 2 aromatic rings. The molecule has 114 valence electrons. The Balaban J connectivity index is 2.13. The van der Waals surface area contributed by atoms with Crippen LogP contribution in [0.5, 0.6) is 0 Å². The highest BCUT2D eigenvalue weighted by Crippen LogP contribution is 2.36. The third-order valence-electron chi connectivity index (χ3n) is 4.09. The van der Waals surface area contributed by atoms with Crippen LogP contribution in [0.25, 0.3) is 11.2 Å². The van der Waals surface area contributed by atoms with E-state index in [1.807, 2.05) is 20.0 Å². The largest absolute Gasteiger partial charge is 0.375 e. The number of alkyl halides is 1. The summed E-state index contributed by atoms with van der Waals surface area (Å²) in [5.41, 5.74) is 2.87. The molecule has 1 aliphatic rings. The molecule has 1 fully saturated rings. The molecule has 3 heterocycles. The van der Waals surface area contributed by atoms with Crippen LogP contribution in [0.1, 0.15) is 56.4 Å². The number of rotatable bonds is 2. The second kappa shape index (κ2) is 5.25. The average molecular weight is 308 g/mol. The number of pyridine rings is 1. The Bertz CT molecular complexity index is 663. The van der Waals surface area contributed by atoms with E-state index in [0.29, 0.717) is 6.04 Å². The van der Waals surface area contributed by atoms with Crippen LogP contribution in [0.3, 0.4) is 0 Å². The van der Waals surface area contributed by atoms with E-state index in [9.17, 15) is 0 Å². The van der Waals surface area contributed by atoms with Crippen LogP contribution >= 0.6 is 11.6 Å². The fourth-order valence-corrected chi connectivity index (χ4v) is 3.31. The summed E-state index contributed by atoms with van der Waals surface area (Å²) in [6.45, 7) is 9.04. The van der Waals surface area contributed by atoms with Crippen molar-refractivity contribution in [3.8, 4) is 0 Å². The first kappa shape index (κ1) is 14.8. The number of nitrogens with zero attached hydrogens (tertiary/aromatic N) is 3. The number of ether oxygens (including phenoxy) is 1. The molecule has 0 spiro atoms. The molecule has 0 aromatic carbocycles. The predicted molar refractivity (Wildman–Crippen MR) is 84.8 cm³/mol. The van der Waals surface area contributed by atoms with Crippen LogP contribution in [0, 0.1) is 6.92 Å². The van der Waals surface area contributed by atoms with Gasteiger partial charge in [0.05, 0.1) is 11.0 Å². The van der Waals surface area contributed by atoms with Crippen LogP contribution in [-0.2, 0) is 4.74 Å². The van der Waals surface area contributed by atoms with Crippen molar-refractivity contribution in [2.45, 2.75) is 57.6 Å². The van der Waals surface area contributed by atoms with Crippen LogP contribution < -0.4 is 0 Å². The maximum atomic E-state index is 6.37. The van der Waals surface area contributed by atoms with E-state index in [4.69, 9.17) is 21.3 Å². The van der Waals surface area contributed by atoms with E-state index in [1.54, 1.807) is 0 Å². The van der Waals surface area contributed by atoms with Crippen molar-refractivity contribution in [2.24, 2.45) is 0 Å². The molecule has 0 saturated carbocycles. The summed E-state index contributed by atoms with van der Waals surface area (Å²) < 4.78 is 8.07. The van der Waals surface area contributed by atoms with Crippen LogP contribution in [0.15, 0.2) is 12.3 Å². The molecular formula is C16H22ClN3O. The fourth-order valence-electron chi connectivity index (χ4n) is 3.16. The molecule has 0 bridgehead atoms. The van der Waals surface area contributed by atoms with Crippen molar-refractivity contribution < 1.29 is 4.74 Å². The van der Waals surface area contributed by atoms with Crippen LogP contribution in [0.2, 0.25) is 0 Å². The lowest BCUT2D eigenvalue weighted by Crippen LogP contribution is -2.35. The lowest BCUT2D eigenvalue weighted by atomic mass is 9.93. The Morgan fingerprint density at radius 1 is 1.48 bits per heavy atom. The molecule has 0 aliphatic carbocycles. The predicted octanol–water partition coefficient (Wildman–Crippen LogP) is 4.17. The molecule has 21 heavy (non-hydrogen) atoms. The lowest BCUT2D eigenvalue weighted by Gasteiger charge is -2.36. The summed E-state index contributed by atoms with van der Waals surface area (Å²) in [6.07, 6.45) is 3.82. The molecule has 2 atom stereocenters. The summed E-state index contributed by atoms with van der Waals surface area (Å²) in [5, 5.41) is -0.134. The van der Waals surface area contributed by atoms with Gasteiger partial charge in [0, 0.05) is 18.8 Å². The third kappa shape index (κ3) is 2.79. The normalized spacial score (nSPS) is 23.4. The van der Waals surface area contributed by atoms with Gasteiger partial charge in [-0.25, -0.2) is 9.97 Å². The molecule has 2 aromatic heterocycles. The van der Waals surface area contributed by atoms with E-state index >= 15 is 0 Å². The number of aromatic nitrogens is 3. The number of fused-ring (bicyclic) bond motifs is 1. The minimum Gasteiger partial charge on any atom is -0.375 e. The van der Waals surface area contributed by atoms with Gasteiger partial charge in [-0.15, -0.1) is 11.6 Å². The van der Waals surface area contributed by atoms with E-state index in [-0.39, 0.29) is 11.0 Å². The van der Waals surface area contributed by atoms with E-state index in [1.165, 1.54) is 0 Å². The highest BCUT2D eigenvalue weighted by atomic mass is 35.5. The second-order valence-corrected chi connectivity index (χ2v) is 7.22. The molecule has 0 radical (unpaired) electrons. The Hall–Kier alpha value is -1.13. The second-order valence-electron chi connectivity index (χ2n) is 6.57. The lowest BCUT2D eigenvalue weighted by molar-refractivity contribution is -0.0689. The van der Waals surface area contributed by atoms with Crippen molar-refractivity contribution in [2.75, 3.05) is 6.61 Å². The molecule has 2 unspecified atom stereocenters. The fraction of sp³-hybridized carbons (Fsp3) is 0.625. The molecule has 1 aliphatic heterocycles.